The molecule has 1 aliphatic rings. The molecule has 1 aliphatic carbocycles. The van der Waals surface area contributed by atoms with Crippen LogP contribution in [0.4, 0.5) is 10.8 Å². The fraction of sp³-hybridized carbons (Fsp3) is 0.389. The lowest BCUT2D eigenvalue weighted by molar-refractivity contribution is 0.0328. The quantitative estimate of drug-likeness (QED) is 0.573. The summed E-state index contributed by atoms with van der Waals surface area (Å²) in [5.41, 5.74) is 0.525. The maximum absolute atomic E-state index is 12.6. The SMILES string of the molecule is COc1c(NC2CC(OC)C2)cc(C(=O)Nc2nnc(-n3nccc3C)s2)oc1=O. The topological polar surface area (TPSA) is 133 Å². The number of hydrogen-bond acceptors (Lipinski definition) is 10. The molecule has 12 heteroatoms. The Bertz CT molecular complexity index is 1120. The molecule has 0 aromatic carbocycles. The molecule has 0 saturated heterocycles. The summed E-state index contributed by atoms with van der Waals surface area (Å²) in [6.45, 7) is 1.88. The molecule has 1 amide bonds. The van der Waals surface area contributed by atoms with Crippen LogP contribution in [0.2, 0.25) is 0 Å². The van der Waals surface area contributed by atoms with Gasteiger partial charge in [0, 0.05) is 31.1 Å². The highest BCUT2D eigenvalue weighted by molar-refractivity contribution is 7.17. The van der Waals surface area contributed by atoms with Crippen molar-refractivity contribution in [2.45, 2.75) is 31.9 Å². The molecule has 0 radical (unpaired) electrons. The van der Waals surface area contributed by atoms with Crippen molar-refractivity contribution in [2.24, 2.45) is 0 Å². The lowest BCUT2D eigenvalue weighted by Crippen LogP contribution is -2.40. The number of methoxy groups -OCH3 is 2. The zero-order valence-corrected chi connectivity index (χ0v) is 17.4. The second-order valence-electron chi connectivity index (χ2n) is 6.74. The van der Waals surface area contributed by atoms with E-state index in [0.29, 0.717) is 10.8 Å². The third-order valence-corrected chi connectivity index (χ3v) is 5.59. The van der Waals surface area contributed by atoms with Gasteiger partial charge in [-0.1, -0.05) is 11.3 Å². The summed E-state index contributed by atoms with van der Waals surface area (Å²) >= 11 is 1.14. The zero-order chi connectivity index (χ0) is 21.3. The highest BCUT2D eigenvalue weighted by atomic mass is 32.1. The van der Waals surface area contributed by atoms with Crippen molar-refractivity contribution in [2.75, 3.05) is 24.9 Å². The van der Waals surface area contributed by atoms with Crippen LogP contribution < -0.4 is 21.0 Å². The summed E-state index contributed by atoms with van der Waals surface area (Å²) < 4.78 is 17.1. The molecule has 4 rings (SSSR count). The van der Waals surface area contributed by atoms with E-state index in [9.17, 15) is 9.59 Å². The number of rotatable bonds is 7. The van der Waals surface area contributed by atoms with E-state index in [1.165, 1.54) is 13.2 Å². The molecule has 0 aliphatic heterocycles. The molecule has 0 spiro atoms. The molecule has 3 heterocycles. The van der Waals surface area contributed by atoms with Gasteiger partial charge in [0.1, 0.15) is 0 Å². The van der Waals surface area contributed by atoms with Gasteiger partial charge in [0.25, 0.3) is 5.91 Å². The molecule has 3 aromatic rings. The number of aromatic nitrogens is 4. The minimum absolute atomic E-state index is 0.0137. The van der Waals surface area contributed by atoms with Crippen molar-refractivity contribution in [3.63, 3.8) is 0 Å². The highest BCUT2D eigenvalue weighted by Gasteiger charge is 2.30. The maximum atomic E-state index is 12.6. The van der Waals surface area contributed by atoms with Gasteiger partial charge >= 0.3 is 5.63 Å². The number of nitrogens with one attached hydrogen (secondary N) is 2. The van der Waals surface area contributed by atoms with Crippen LogP contribution in [0.25, 0.3) is 5.13 Å². The smallest absolute Gasteiger partial charge is 0.381 e. The Morgan fingerprint density at radius 1 is 1.33 bits per heavy atom. The number of nitrogens with zero attached hydrogens (tertiary/aromatic N) is 4. The lowest BCUT2D eigenvalue weighted by Gasteiger charge is -2.35. The Kier molecular flexibility index (Phi) is 5.50. The molecule has 2 N–H and O–H groups in total. The van der Waals surface area contributed by atoms with Crippen LogP contribution in [-0.4, -0.2) is 52.3 Å². The maximum Gasteiger partial charge on any atom is 0.381 e. The molecule has 1 saturated carbocycles. The molecule has 30 heavy (non-hydrogen) atoms. The first kappa shape index (κ1) is 20.0. The third kappa shape index (κ3) is 3.91. The highest BCUT2D eigenvalue weighted by Crippen LogP contribution is 2.30. The van der Waals surface area contributed by atoms with E-state index in [0.717, 1.165) is 29.9 Å². The standard InChI is InChI=1S/C18H20N6O5S/c1-9-4-5-19-24(9)18-23-22-17(30-18)21-15(25)13-8-12(14(28-3)16(26)29-13)20-10-6-11(7-10)27-2/h4-5,8,10-11,20H,6-7H2,1-3H3,(H,21,22,25). The van der Waals surface area contributed by atoms with E-state index in [-0.39, 0.29) is 28.8 Å². The first-order valence-corrected chi connectivity index (χ1v) is 9.97. The molecule has 0 unspecified atom stereocenters. The summed E-state index contributed by atoms with van der Waals surface area (Å²) in [4.78, 5) is 24.9. The summed E-state index contributed by atoms with van der Waals surface area (Å²) in [7, 11) is 3.03. The number of hydrogen-bond donors (Lipinski definition) is 2. The zero-order valence-electron chi connectivity index (χ0n) is 16.5. The van der Waals surface area contributed by atoms with Gasteiger partial charge in [-0.15, -0.1) is 10.2 Å². The van der Waals surface area contributed by atoms with Crippen LogP contribution in [0.15, 0.2) is 27.5 Å². The van der Waals surface area contributed by atoms with Gasteiger partial charge in [0.2, 0.25) is 16.0 Å². The predicted octanol–water partition coefficient (Wildman–Crippen LogP) is 1.84. The molecule has 1 fully saturated rings. The van der Waals surface area contributed by atoms with Crippen LogP contribution in [0.5, 0.6) is 5.75 Å². The van der Waals surface area contributed by atoms with Crippen molar-refractivity contribution in [1.29, 1.82) is 0 Å². The summed E-state index contributed by atoms with van der Waals surface area (Å²) in [6.07, 6.45) is 3.41. The van der Waals surface area contributed by atoms with Gasteiger partial charge in [-0.2, -0.15) is 5.10 Å². The Balaban J connectivity index is 1.52. The average Bonchev–Trinajstić information content (AvgIpc) is 3.32. The predicted molar refractivity (Wildman–Crippen MR) is 109 cm³/mol. The van der Waals surface area contributed by atoms with Crippen molar-refractivity contribution in [3.8, 4) is 10.9 Å². The first-order chi connectivity index (χ1) is 14.5. The van der Waals surface area contributed by atoms with E-state index in [2.05, 4.69) is 25.9 Å². The molecule has 158 valence electrons. The molecular weight excluding hydrogens is 412 g/mol. The number of ether oxygens (including phenoxy) is 2. The molecular formula is C18H20N6O5S. The van der Waals surface area contributed by atoms with Gasteiger partial charge < -0.3 is 19.2 Å². The van der Waals surface area contributed by atoms with E-state index in [1.54, 1.807) is 18.0 Å². The number of amides is 1. The number of anilines is 2. The lowest BCUT2D eigenvalue weighted by atomic mass is 9.89. The van der Waals surface area contributed by atoms with Gasteiger partial charge in [-0.3, -0.25) is 10.1 Å². The summed E-state index contributed by atoms with van der Waals surface area (Å²) in [6, 6.07) is 3.39. The fourth-order valence-electron chi connectivity index (χ4n) is 3.07. The Morgan fingerprint density at radius 2 is 2.13 bits per heavy atom. The van der Waals surface area contributed by atoms with Crippen LogP contribution in [0.1, 0.15) is 29.1 Å². The first-order valence-electron chi connectivity index (χ1n) is 9.15. The van der Waals surface area contributed by atoms with E-state index in [1.807, 2.05) is 13.0 Å². The normalized spacial score (nSPS) is 18.0. The number of aryl methyl sites for hydroxylation is 1. The summed E-state index contributed by atoms with van der Waals surface area (Å²) in [5, 5.41) is 18.7. The minimum Gasteiger partial charge on any atom is -0.488 e. The van der Waals surface area contributed by atoms with Gasteiger partial charge in [0.15, 0.2) is 5.76 Å². The largest absolute Gasteiger partial charge is 0.488 e. The second-order valence-corrected chi connectivity index (χ2v) is 7.70. The second kappa shape index (κ2) is 8.24. The average molecular weight is 432 g/mol. The monoisotopic (exact) mass is 432 g/mol. The fourth-order valence-corrected chi connectivity index (χ4v) is 3.83. The van der Waals surface area contributed by atoms with Crippen LogP contribution in [-0.2, 0) is 4.74 Å². The van der Waals surface area contributed by atoms with Gasteiger partial charge in [-0.25, -0.2) is 9.48 Å². The Hall–Kier alpha value is -3.25. The van der Waals surface area contributed by atoms with Crippen molar-refractivity contribution in [1.82, 2.24) is 20.0 Å². The van der Waals surface area contributed by atoms with E-state index < -0.39 is 11.5 Å². The number of carbonyl (C=O) groups is 1. The third-order valence-electron chi connectivity index (χ3n) is 4.77. The van der Waals surface area contributed by atoms with Crippen LogP contribution in [0, 0.1) is 6.92 Å². The molecule has 0 atom stereocenters. The van der Waals surface area contributed by atoms with Crippen LogP contribution in [0.3, 0.4) is 0 Å². The van der Waals surface area contributed by atoms with Crippen LogP contribution >= 0.6 is 11.3 Å². The Labute approximate surface area is 175 Å². The molecule has 3 aromatic heterocycles. The number of carbonyl (C=O) groups excluding carboxylic acids is 1. The molecule has 0 bridgehead atoms. The van der Waals surface area contributed by atoms with Crippen molar-refractivity contribution in [3.05, 3.63) is 40.2 Å². The Morgan fingerprint density at radius 3 is 2.80 bits per heavy atom. The van der Waals surface area contributed by atoms with Crippen molar-refractivity contribution >= 4 is 28.1 Å². The van der Waals surface area contributed by atoms with E-state index in [4.69, 9.17) is 13.9 Å². The van der Waals surface area contributed by atoms with Crippen molar-refractivity contribution < 1.29 is 18.7 Å². The summed E-state index contributed by atoms with van der Waals surface area (Å²) in [5.74, 6) is -0.779. The van der Waals surface area contributed by atoms with Gasteiger partial charge in [-0.05, 0) is 25.8 Å². The molecule has 11 nitrogen and oxygen atoms in total. The van der Waals surface area contributed by atoms with E-state index >= 15 is 0 Å². The van der Waals surface area contributed by atoms with Gasteiger partial charge in [0.05, 0.1) is 18.9 Å². The minimum atomic E-state index is -0.750.